The lowest BCUT2D eigenvalue weighted by Gasteiger charge is -2.12. The van der Waals surface area contributed by atoms with E-state index in [9.17, 15) is 4.79 Å². The van der Waals surface area contributed by atoms with E-state index >= 15 is 0 Å². The van der Waals surface area contributed by atoms with Gasteiger partial charge in [0.25, 0.3) is 5.91 Å². The smallest absolute Gasteiger partial charge is 0.258 e. The third-order valence-corrected chi connectivity index (χ3v) is 2.48. The second-order valence-corrected chi connectivity index (χ2v) is 4.09. The van der Waals surface area contributed by atoms with Crippen LogP contribution in [0.15, 0.2) is 18.2 Å². The summed E-state index contributed by atoms with van der Waals surface area (Å²) in [4.78, 5) is 11.4. The van der Waals surface area contributed by atoms with Gasteiger partial charge >= 0.3 is 0 Å². The van der Waals surface area contributed by atoms with E-state index in [1.54, 1.807) is 6.07 Å². The predicted octanol–water partition coefficient (Wildman–Crippen LogP) is 1.06. The van der Waals surface area contributed by atoms with Crippen molar-refractivity contribution >= 4 is 5.91 Å². The monoisotopic (exact) mass is 276 g/mol. The zero-order valence-electron chi connectivity index (χ0n) is 11.6. The molecule has 1 amide bonds. The number of carbonyl (C=O) groups excluding carboxylic acids is 1. The number of terminal acetylenes is 1. The Morgan fingerprint density at radius 1 is 1.45 bits per heavy atom. The molecule has 108 valence electrons. The van der Waals surface area contributed by atoms with Crippen molar-refractivity contribution in [2.45, 2.75) is 19.9 Å². The summed E-state index contributed by atoms with van der Waals surface area (Å²) in [6.45, 7) is 3.07. The van der Waals surface area contributed by atoms with E-state index in [4.69, 9.17) is 21.6 Å². The van der Waals surface area contributed by atoms with Crippen LogP contribution in [0.1, 0.15) is 18.9 Å². The van der Waals surface area contributed by atoms with Gasteiger partial charge in [0, 0.05) is 18.2 Å². The molecule has 5 heteroatoms. The highest BCUT2D eigenvalue weighted by Crippen LogP contribution is 2.24. The molecule has 1 aromatic carbocycles. The van der Waals surface area contributed by atoms with E-state index in [0.29, 0.717) is 24.7 Å². The lowest BCUT2D eigenvalue weighted by Crippen LogP contribution is -2.29. The quantitative estimate of drug-likeness (QED) is 0.696. The zero-order chi connectivity index (χ0) is 14.8. The van der Waals surface area contributed by atoms with Gasteiger partial charge in [-0.2, -0.15) is 0 Å². The number of hydrogen-bond donors (Lipinski definition) is 2. The molecule has 0 bridgehead atoms. The van der Waals surface area contributed by atoms with Crippen LogP contribution in [0.4, 0.5) is 0 Å². The molecule has 1 aromatic rings. The summed E-state index contributed by atoms with van der Waals surface area (Å²) < 4.78 is 11.0. The van der Waals surface area contributed by atoms with Crippen LogP contribution in [0.2, 0.25) is 0 Å². The first-order valence-corrected chi connectivity index (χ1v) is 6.50. The maximum Gasteiger partial charge on any atom is 0.258 e. The minimum atomic E-state index is -0.272. The van der Waals surface area contributed by atoms with Gasteiger partial charge in [0.05, 0.1) is 13.2 Å². The Hall–Kier alpha value is -2.19. The number of benzene rings is 1. The van der Waals surface area contributed by atoms with E-state index in [0.717, 1.165) is 12.0 Å². The second-order valence-electron chi connectivity index (χ2n) is 4.09. The highest BCUT2D eigenvalue weighted by molar-refractivity contribution is 5.77. The molecule has 0 saturated heterocycles. The average Bonchev–Trinajstić information content (AvgIpc) is 2.48. The van der Waals surface area contributed by atoms with E-state index in [1.165, 1.54) is 0 Å². The summed E-state index contributed by atoms with van der Waals surface area (Å²) in [5.41, 5.74) is 6.46. The Balaban J connectivity index is 2.66. The van der Waals surface area contributed by atoms with Crippen molar-refractivity contribution < 1.29 is 14.3 Å². The second kappa shape index (κ2) is 8.83. The molecular formula is C15H20N2O3. The Bertz CT molecular complexity index is 480. The van der Waals surface area contributed by atoms with Crippen LogP contribution in [-0.4, -0.2) is 25.7 Å². The highest BCUT2D eigenvalue weighted by atomic mass is 16.5. The maximum atomic E-state index is 11.4. The van der Waals surface area contributed by atoms with Crippen LogP contribution >= 0.6 is 0 Å². The van der Waals surface area contributed by atoms with Gasteiger partial charge in [-0.15, -0.1) is 6.42 Å². The van der Waals surface area contributed by atoms with Gasteiger partial charge < -0.3 is 20.5 Å². The first kappa shape index (κ1) is 15.9. The first-order chi connectivity index (χ1) is 9.71. The van der Waals surface area contributed by atoms with Crippen LogP contribution in [0, 0.1) is 12.3 Å². The summed E-state index contributed by atoms with van der Waals surface area (Å²) in [5.74, 6) is 3.30. The predicted molar refractivity (Wildman–Crippen MR) is 77.5 cm³/mol. The molecule has 3 N–H and O–H groups in total. The fourth-order valence-corrected chi connectivity index (χ4v) is 1.49. The van der Waals surface area contributed by atoms with Gasteiger partial charge in [0.2, 0.25) is 0 Å². The fourth-order valence-electron chi connectivity index (χ4n) is 1.49. The molecule has 0 atom stereocenters. The molecule has 0 unspecified atom stereocenters. The van der Waals surface area contributed by atoms with Crippen LogP contribution in [0.25, 0.3) is 0 Å². The minimum Gasteiger partial charge on any atom is -0.493 e. The van der Waals surface area contributed by atoms with Crippen molar-refractivity contribution in [2.24, 2.45) is 5.73 Å². The summed E-state index contributed by atoms with van der Waals surface area (Å²) in [7, 11) is 0. The average molecular weight is 276 g/mol. The van der Waals surface area contributed by atoms with Crippen molar-refractivity contribution in [3.63, 3.8) is 0 Å². The van der Waals surface area contributed by atoms with Crippen molar-refractivity contribution in [2.75, 3.05) is 19.8 Å². The lowest BCUT2D eigenvalue weighted by atomic mass is 10.2. The topological polar surface area (TPSA) is 73.6 Å². The molecule has 0 aliphatic rings. The molecule has 1 rings (SSSR count). The van der Waals surface area contributed by atoms with Crippen LogP contribution < -0.4 is 20.5 Å². The molecule has 0 radical (unpaired) electrons. The number of ether oxygens (including phenoxy) is 2. The zero-order valence-corrected chi connectivity index (χ0v) is 11.6. The number of rotatable bonds is 8. The standard InChI is InChI=1S/C15H20N2O3/c1-3-7-17-15(18)11-20-14-9-13(19-8-4-2)6-5-12(14)10-16/h1,5-6,9H,4,7-8,10-11,16H2,2H3,(H,17,18). The Kier molecular flexibility index (Phi) is 7.01. The molecule has 20 heavy (non-hydrogen) atoms. The van der Waals surface area contributed by atoms with E-state index < -0.39 is 0 Å². The SMILES string of the molecule is C#CCNC(=O)COc1cc(OCCC)ccc1CN. The molecular weight excluding hydrogens is 256 g/mol. The van der Waals surface area contributed by atoms with Crippen molar-refractivity contribution in [3.05, 3.63) is 23.8 Å². The minimum absolute atomic E-state index is 0.105. The first-order valence-electron chi connectivity index (χ1n) is 6.50. The van der Waals surface area contributed by atoms with Crippen molar-refractivity contribution in [1.29, 1.82) is 0 Å². The molecule has 0 spiro atoms. The van der Waals surface area contributed by atoms with Gasteiger partial charge in [-0.1, -0.05) is 18.9 Å². The van der Waals surface area contributed by atoms with E-state index in [-0.39, 0.29) is 19.1 Å². The third kappa shape index (κ3) is 5.21. The number of hydrogen-bond acceptors (Lipinski definition) is 4. The lowest BCUT2D eigenvalue weighted by molar-refractivity contribution is -0.122. The summed E-state index contributed by atoms with van der Waals surface area (Å²) in [6, 6.07) is 5.41. The molecule has 0 heterocycles. The molecule has 5 nitrogen and oxygen atoms in total. The van der Waals surface area contributed by atoms with Crippen molar-refractivity contribution in [1.82, 2.24) is 5.32 Å². The van der Waals surface area contributed by atoms with E-state index in [2.05, 4.69) is 11.2 Å². The van der Waals surface area contributed by atoms with Gasteiger partial charge in [-0.3, -0.25) is 4.79 Å². The molecule has 0 saturated carbocycles. The van der Waals surface area contributed by atoms with Crippen LogP contribution in [0.5, 0.6) is 11.5 Å². The van der Waals surface area contributed by atoms with Gasteiger partial charge in [0.1, 0.15) is 11.5 Å². The molecule has 0 aromatic heterocycles. The van der Waals surface area contributed by atoms with E-state index in [1.807, 2.05) is 19.1 Å². The third-order valence-electron chi connectivity index (χ3n) is 2.48. The number of nitrogens with one attached hydrogen (secondary N) is 1. The molecule has 0 fully saturated rings. The highest BCUT2D eigenvalue weighted by Gasteiger charge is 2.07. The number of amides is 1. The number of nitrogens with two attached hydrogens (primary N) is 1. The normalized spacial score (nSPS) is 9.65. The van der Waals surface area contributed by atoms with Crippen molar-refractivity contribution in [3.8, 4) is 23.8 Å². The number of carbonyl (C=O) groups is 1. The summed E-state index contributed by atoms with van der Waals surface area (Å²) in [5, 5.41) is 2.53. The summed E-state index contributed by atoms with van der Waals surface area (Å²) in [6.07, 6.45) is 5.98. The summed E-state index contributed by atoms with van der Waals surface area (Å²) >= 11 is 0. The molecule has 0 aliphatic carbocycles. The largest absolute Gasteiger partial charge is 0.493 e. The Morgan fingerprint density at radius 2 is 2.25 bits per heavy atom. The van der Waals surface area contributed by atoms with Gasteiger partial charge in [0.15, 0.2) is 6.61 Å². The van der Waals surface area contributed by atoms with Crippen LogP contribution in [0.3, 0.4) is 0 Å². The Labute approximate surface area is 119 Å². The van der Waals surface area contributed by atoms with Gasteiger partial charge in [-0.05, 0) is 12.5 Å². The fraction of sp³-hybridized carbons (Fsp3) is 0.400. The Morgan fingerprint density at radius 3 is 2.90 bits per heavy atom. The van der Waals surface area contributed by atoms with Crippen LogP contribution in [-0.2, 0) is 11.3 Å². The maximum absolute atomic E-state index is 11.4. The van der Waals surface area contributed by atoms with Gasteiger partial charge in [-0.25, -0.2) is 0 Å². The molecule has 0 aliphatic heterocycles.